The molecule has 90 valence electrons. The van der Waals surface area contributed by atoms with Crippen LogP contribution in [0.1, 0.15) is 12.0 Å². The van der Waals surface area contributed by atoms with Crippen molar-refractivity contribution in [2.24, 2.45) is 5.73 Å². The van der Waals surface area contributed by atoms with Gasteiger partial charge in [-0.25, -0.2) is 0 Å². The van der Waals surface area contributed by atoms with Crippen LogP contribution < -0.4 is 5.73 Å². The van der Waals surface area contributed by atoms with Crippen molar-refractivity contribution in [2.75, 3.05) is 7.11 Å². The largest absolute Gasteiger partial charge is 0.508 e. The van der Waals surface area contributed by atoms with Gasteiger partial charge in [-0.1, -0.05) is 12.1 Å². The number of carbonyl (C=O) groups is 1. The first-order chi connectivity index (χ1) is 7.11. The molecule has 0 saturated heterocycles. The molecule has 0 radical (unpaired) electrons. The van der Waals surface area contributed by atoms with Gasteiger partial charge in [-0.3, -0.25) is 4.79 Å². The molecule has 0 aliphatic rings. The van der Waals surface area contributed by atoms with Gasteiger partial charge in [0.2, 0.25) is 0 Å². The van der Waals surface area contributed by atoms with Crippen molar-refractivity contribution in [1.82, 2.24) is 0 Å². The first kappa shape index (κ1) is 14.7. The fourth-order valence-corrected chi connectivity index (χ4v) is 1.30. The third-order valence-corrected chi connectivity index (χ3v) is 2.09. The molecule has 1 aromatic carbocycles. The minimum Gasteiger partial charge on any atom is -0.508 e. The van der Waals surface area contributed by atoms with E-state index in [0.29, 0.717) is 6.42 Å². The molecule has 1 aromatic rings. The molecule has 0 fully saturated rings. The number of nitrogens with two attached hydrogens (primary N) is 1. The second-order valence-corrected chi connectivity index (χ2v) is 3.41. The van der Waals surface area contributed by atoms with Crippen LogP contribution in [0.5, 0.6) is 5.75 Å². The number of phenols is 1. The lowest BCUT2D eigenvalue weighted by Crippen LogP contribution is -2.26. The van der Waals surface area contributed by atoms with E-state index in [-0.39, 0.29) is 36.6 Å². The molecule has 0 spiro atoms. The van der Waals surface area contributed by atoms with Gasteiger partial charge < -0.3 is 15.6 Å². The number of esters is 1. The highest BCUT2D eigenvalue weighted by atomic mass is 35.5. The normalized spacial score (nSPS) is 11.4. The van der Waals surface area contributed by atoms with Crippen molar-refractivity contribution in [3.05, 3.63) is 29.8 Å². The summed E-state index contributed by atoms with van der Waals surface area (Å²) in [5, 5.41) is 9.07. The molecule has 4 nitrogen and oxygen atoms in total. The van der Waals surface area contributed by atoms with E-state index in [2.05, 4.69) is 4.74 Å². The summed E-state index contributed by atoms with van der Waals surface area (Å²) < 4.78 is 4.52. The molecule has 3 N–H and O–H groups in total. The zero-order valence-corrected chi connectivity index (χ0v) is 9.87. The molecule has 1 rings (SSSR count). The molecule has 1 unspecified atom stereocenters. The predicted molar refractivity (Wildman–Crippen MR) is 63.7 cm³/mol. The molecular weight excluding hydrogens is 230 g/mol. The van der Waals surface area contributed by atoms with Crippen LogP contribution in [0.3, 0.4) is 0 Å². The summed E-state index contributed by atoms with van der Waals surface area (Å²) >= 11 is 0. The quantitative estimate of drug-likeness (QED) is 0.783. The molecule has 0 aliphatic carbocycles. The maximum atomic E-state index is 10.9. The van der Waals surface area contributed by atoms with Crippen LogP contribution in [-0.2, 0) is 16.0 Å². The van der Waals surface area contributed by atoms with E-state index in [0.717, 1.165) is 5.56 Å². The minimum absolute atomic E-state index is 0. The van der Waals surface area contributed by atoms with Gasteiger partial charge in [-0.05, 0) is 24.1 Å². The number of rotatable bonds is 4. The molecular formula is C11H16ClNO3. The van der Waals surface area contributed by atoms with E-state index in [4.69, 9.17) is 10.8 Å². The number of methoxy groups -OCH3 is 1. The maximum Gasteiger partial charge on any atom is 0.307 e. The zero-order chi connectivity index (χ0) is 11.3. The Morgan fingerprint density at radius 1 is 1.44 bits per heavy atom. The van der Waals surface area contributed by atoms with Gasteiger partial charge >= 0.3 is 5.97 Å². The van der Waals surface area contributed by atoms with Gasteiger partial charge in [-0.2, -0.15) is 0 Å². The molecule has 0 saturated carbocycles. The number of hydrogen-bond acceptors (Lipinski definition) is 4. The first-order valence-electron chi connectivity index (χ1n) is 4.72. The summed E-state index contributed by atoms with van der Waals surface area (Å²) in [6, 6.07) is 6.52. The molecule has 1 atom stereocenters. The zero-order valence-electron chi connectivity index (χ0n) is 9.05. The Kier molecular flexibility index (Phi) is 6.53. The number of benzene rings is 1. The van der Waals surface area contributed by atoms with Crippen LogP contribution in [0, 0.1) is 0 Å². The van der Waals surface area contributed by atoms with Gasteiger partial charge in [0, 0.05) is 6.04 Å². The highest BCUT2D eigenvalue weighted by Crippen LogP contribution is 2.11. The molecule has 0 aliphatic heterocycles. The summed E-state index contributed by atoms with van der Waals surface area (Å²) in [5.41, 5.74) is 6.75. The second kappa shape index (κ2) is 7.09. The van der Waals surface area contributed by atoms with Crippen LogP contribution >= 0.6 is 12.4 Å². The van der Waals surface area contributed by atoms with Crippen LogP contribution in [-0.4, -0.2) is 24.2 Å². The number of hydrogen-bond donors (Lipinski definition) is 2. The Morgan fingerprint density at radius 2 is 2.00 bits per heavy atom. The molecule has 5 heteroatoms. The summed E-state index contributed by atoms with van der Waals surface area (Å²) in [6.45, 7) is 0. The second-order valence-electron chi connectivity index (χ2n) is 3.41. The van der Waals surface area contributed by atoms with Crippen molar-refractivity contribution < 1.29 is 14.6 Å². The van der Waals surface area contributed by atoms with E-state index in [1.807, 2.05) is 0 Å². The van der Waals surface area contributed by atoms with Crippen molar-refractivity contribution in [2.45, 2.75) is 18.9 Å². The SMILES string of the molecule is COC(=O)CC(N)Cc1ccc(O)cc1.Cl. The maximum absolute atomic E-state index is 10.9. The smallest absolute Gasteiger partial charge is 0.307 e. The van der Waals surface area contributed by atoms with Gasteiger partial charge in [-0.15, -0.1) is 12.4 Å². The summed E-state index contributed by atoms with van der Waals surface area (Å²) in [5.74, 6) is -0.0819. The van der Waals surface area contributed by atoms with Crippen molar-refractivity contribution in [1.29, 1.82) is 0 Å². The Balaban J connectivity index is 0.00000225. The van der Waals surface area contributed by atoms with Crippen molar-refractivity contribution in [3.8, 4) is 5.75 Å². The highest BCUT2D eigenvalue weighted by Gasteiger charge is 2.10. The number of carbonyl (C=O) groups excluding carboxylic acids is 1. The number of ether oxygens (including phenoxy) is 1. The Bertz CT molecular complexity index is 327. The average Bonchev–Trinajstić information content (AvgIpc) is 2.21. The van der Waals surface area contributed by atoms with Gasteiger partial charge in [0.1, 0.15) is 5.75 Å². The number of halogens is 1. The number of phenolic OH excluding ortho intramolecular Hbond substituents is 1. The minimum atomic E-state index is -0.304. The third-order valence-electron chi connectivity index (χ3n) is 2.09. The van der Waals surface area contributed by atoms with Gasteiger partial charge in [0.15, 0.2) is 0 Å². The van der Waals surface area contributed by atoms with E-state index >= 15 is 0 Å². The van der Waals surface area contributed by atoms with Crippen LogP contribution in [0.4, 0.5) is 0 Å². The average molecular weight is 246 g/mol. The standard InChI is InChI=1S/C11H15NO3.ClH/c1-15-11(14)7-9(12)6-8-2-4-10(13)5-3-8;/h2-5,9,13H,6-7,12H2,1H3;1H. The summed E-state index contributed by atoms with van der Waals surface area (Å²) in [6.07, 6.45) is 0.798. The van der Waals surface area contributed by atoms with E-state index in [1.54, 1.807) is 24.3 Å². The first-order valence-corrected chi connectivity index (χ1v) is 4.72. The summed E-state index contributed by atoms with van der Waals surface area (Å²) in [7, 11) is 1.34. The van der Waals surface area contributed by atoms with Crippen molar-refractivity contribution >= 4 is 18.4 Å². The Labute approximate surface area is 101 Å². The molecule has 0 heterocycles. The molecule has 0 bridgehead atoms. The lowest BCUT2D eigenvalue weighted by atomic mass is 10.0. The topological polar surface area (TPSA) is 72.5 Å². The monoisotopic (exact) mass is 245 g/mol. The summed E-state index contributed by atoms with van der Waals surface area (Å²) in [4.78, 5) is 10.9. The predicted octanol–water partition coefficient (Wildman–Crippen LogP) is 1.25. The molecule has 16 heavy (non-hydrogen) atoms. The molecule has 0 aromatic heterocycles. The molecule has 0 amide bonds. The van der Waals surface area contributed by atoms with Crippen LogP contribution in [0.2, 0.25) is 0 Å². The van der Waals surface area contributed by atoms with E-state index in [1.165, 1.54) is 7.11 Å². The van der Waals surface area contributed by atoms with E-state index in [9.17, 15) is 4.79 Å². The van der Waals surface area contributed by atoms with Crippen LogP contribution in [0.15, 0.2) is 24.3 Å². The highest BCUT2D eigenvalue weighted by molar-refractivity contribution is 5.85. The fraction of sp³-hybridized carbons (Fsp3) is 0.364. The van der Waals surface area contributed by atoms with E-state index < -0.39 is 0 Å². The van der Waals surface area contributed by atoms with Gasteiger partial charge in [0.25, 0.3) is 0 Å². The Morgan fingerprint density at radius 3 is 2.50 bits per heavy atom. The van der Waals surface area contributed by atoms with Crippen LogP contribution in [0.25, 0.3) is 0 Å². The lowest BCUT2D eigenvalue weighted by molar-refractivity contribution is -0.140. The number of aromatic hydroxyl groups is 1. The third kappa shape index (κ3) is 5.00. The van der Waals surface area contributed by atoms with Crippen molar-refractivity contribution in [3.63, 3.8) is 0 Å². The lowest BCUT2D eigenvalue weighted by Gasteiger charge is -2.09. The Hall–Kier alpha value is -1.26. The van der Waals surface area contributed by atoms with Gasteiger partial charge in [0.05, 0.1) is 13.5 Å². The fourth-order valence-electron chi connectivity index (χ4n) is 1.30.